The molecule has 6 nitrogen and oxygen atoms in total. The predicted octanol–water partition coefficient (Wildman–Crippen LogP) is 1.24. The molecule has 1 aliphatic heterocycles. The lowest BCUT2D eigenvalue weighted by molar-refractivity contribution is -0.0249. The van der Waals surface area contributed by atoms with Crippen LogP contribution in [0.2, 0.25) is 0 Å². The van der Waals surface area contributed by atoms with Crippen molar-refractivity contribution in [1.29, 1.82) is 0 Å². The van der Waals surface area contributed by atoms with Crippen LogP contribution in [0.1, 0.15) is 11.9 Å². The number of fused-ring (bicyclic) bond motifs is 1. The fourth-order valence-electron chi connectivity index (χ4n) is 2.28. The molecule has 1 fully saturated rings. The van der Waals surface area contributed by atoms with E-state index in [2.05, 4.69) is 41.8 Å². The molecule has 2 aromatic rings. The van der Waals surface area contributed by atoms with Crippen LogP contribution in [0.15, 0.2) is 21.1 Å². The Morgan fingerprint density at radius 2 is 1.90 bits per heavy atom. The molecule has 0 aliphatic carbocycles. The minimum absolute atomic E-state index is 0.355. The van der Waals surface area contributed by atoms with Crippen molar-refractivity contribution in [3.63, 3.8) is 0 Å². The predicted molar refractivity (Wildman–Crippen MR) is 78.2 cm³/mol. The van der Waals surface area contributed by atoms with Crippen molar-refractivity contribution < 1.29 is 20.1 Å². The molecule has 1 aromatic carbocycles. The molecular formula is C12H12Br2N2O4. The number of nitrogens with zero attached hydrogens (tertiary/aromatic N) is 1. The summed E-state index contributed by atoms with van der Waals surface area (Å²) < 4.78 is 7.19. The molecule has 0 bridgehead atoms. The van der Waals surface area contributed by atoms with Crippen molar-refractivity contribution in [3.05, 3.63) is 26.9 Å². The number of rotatable bonds is 2. The highest BCUT2D eigenvalue weighted by Crippen LogP contribution is 2.34. The van der Waals surface area contributed by atoms with Crippen LogP contribution in [0.5, 0.6) is 0 Å². The summed E-state index contributed by atoms with van der Waals surface area (Å²) in [7, 11) is 0. The van der Waals surface area contributed by atoms with Crippen molar-refractivity contribution in [3.8, 4) is 0 Å². The van der Waals surface area contributed by atoms with E-state index in [1.807, 2.05) is 12.1 Å². The van der Waals surface area contributed by atoms with Gasteiger partial charge in [-0.05, 0) is 44.0 Å². The summed E-state index contributed by atoms with van der Waals surface area (Å²) in [6.45, 7) is -0.355. The fraction of sp³-hybridized carbons (Fsp3) is 0.417. The Balaban J connectivity index is 1.99. The molecule has 8 heteroatoms. The van der Waals surface area contributed by atoms with Gasteiger partial charge in [0.2, 0.25) is 0 Å². The first-order chi connectivity index (χ1) is 9.51. The molecule has 1 aliphatic rings. The van der Waals surface area contributed by atoms with Crippen LogP contribution in [0.3, 0.4) is 0 Å². The molecule has 1 saturated heterocycles. The lowest BCUT2D eigenvalue weighted by Gasteiger charge is -2.11. The summed E-state index contributed by atoms with van der Waals surface area (Å²) in [4.78, 5) is 7.43. The largest absolute Gasteiger partial charge is 0.394 e. The average molecular weight is 408 g/mol. The Morgan fingerprint density at radius 1 is 1.20 bits per heavy atom. The van der Waals surface area contributed by atoms with E-state index in [0.717, 1.165) is 14.5 Å². The monoisotopic (exact) mass is 406 g/mol. The third-order valence-electron chi connectivity index (χ3n) is 3.35. The number of H-pyrrole nitrogens is 1. The topological polar surface area (TPSA) is 98.6 Å². The number of aromatic amines is 1. The zero-order chi connectivity index (χ0) is 14.4. The summed E-state index contributed by atoms with van der Waals surface area (Å²) in [5.41, 5.74) is 1.50. The molecule has 0 radical (unpaired) electrons. The van der Waals surface area contributed by atoms with Crippen molar-refractivity contribution >= 4 is 42.9 Å². The summed E-state index contributed by atoms with van der Waals surface area (Å²) in [5.74, 6) is 0.424. The average Bonchev–Trinajstić information content (AvgIpc) is 2.93. The van der Waals surface area contributed by atoms with E-state index in [1.54, 1.807) is 0 Å². The van der Waals surface area contributed by atoms with Crippen LogP contribution in [0.4, 0.5) is 0 Å². The number of hydrogen-bond donors (Lipinski definition) is 4. The first-order valence-electron chi connectivity index (χ1n) is 5.98. The zero-order valence-electron chi connectivity index (χ0n) is 10.1. The third kappa shape index (κ3) is 2.30. The molecule has 3 rings (SSSR count). The summed E-state index contributed by atoms with van der Waals surface area (Å²) >= 11 is 6.80. The fourth-order valence-corrected chi connectivity index (χ4v) is 2.96. The maximum absolute atomic E-state index is 9.98. The molecule has 20 heavy (non-hydrogen) atoms. The summed E-state index contributed by atoms with van der Waals surface area (Å²) in [6, 6.07) is 3.69. The number of aliphatic hydroxyl groups excluding tert-OH is 3. The molecule has 108 valence electrons. The minimum Gasteiger partial charge on any atom is -0.394 e. The highest BCUT2D eigenvalue weighted by atomic mass is 79.9. The van der Waals surface area contributed by atoms with E-state index in [9.17, 15) is 10.2 Å². The highest BCUT2D eigenvalue weighted by Gasteiger charge is 2.44. The number of imidazole rings is 1. The molecule has 4 atom stereocenters. The van der Waals surface area contributed by atoms with Crippen molar-refractivity contribution in [2.75, 3.05) is 6.61 Å². The SMILES string of the molecule is OC[C@H]1O[C@H](c2nc3cc(Br)c(Br)cc3[nH]2)[C@H](O)[C@H]1O. The smallest absolute Gasteiger partial charge is 0.144 e. The maximum atomic E-state index is 9.98. The van der Waals surface area contributed by atoms with Gasteiger partial charge in [-0.1, -0.05) is 0 Å². The number of ether oxygens (including phenoxy) is 1. The Hall–Kier alpha value is -0.510. The van der Waals surface area contributed by atoms with Gasteiger partial charge < -0.3 is 25.0 Å². The van der Waals surface area contributed by atoms with Crippen LogP contribution >= 0.6 is 31.9 Å². The Kier molecular flexibility index (Phi) is 3.87. The second-order valence-electron chi connectivity index (χ2n) is 4.66. The van der Waals surface area contributed by atoms with Crippen molar-refractivity contribution in [2.24, 2.45) is 0 Å². The first kappa shape index (κ1) is 14.4. The summed E-state index contributed by atoms with van der Waals surface area (Å²) in [5, 5.41) is 28.8. The molecule has 4 N–H and O–H groups in total. The Labute approximate surface area is 131 Å². The molecule has 0 spiro atoms. The normalized spacial score (nSPS) is 30.2. The van der Waals surface area contributed by atoms with Crippen molar-refractivity contribution in [2.45, 2.75) is 24.4 Å². The van der Waals surface area contributed by atoms with E-state index in [4.69, 9.17) is 9.84 Å². The molecule has 0 saturated carbocycles. The maximum Gasteiger partial charge on any atom is 0.144 e. The zero-order valence-corrected chi connectivity index (χ0v) is 13.3. The van der Waals surface area contributed by atoms with Crippen LogP contribution < -0.4 is 0 Å². The molecule has 0 unspecified atom stereocenters. The number of aliphatic hydroxyl groups is 3. The van der Waals surface area contributed by atoms with Gasteiger partial charge in [0.15, 0.2) is 0 Å². The van der Waals surface area contributed by atoms with Gasteiger partial charge in [0.25, 0.3) is 0 Å². The lowest BCUT2D eigenvalue weighted by atomic mass is 10.1. The van der Waals surface area contributed by atoms with Gasteiger partial charge in [-0.2, -0.15) is 0 Å². The van der Waals surface area contributed by atoms with Gasteiger partial charge in [-0.3, -0.25) is 0 Å². The third-order valence-corrected chi connectivity index (χ3v) is 5.20. The van der Waals surface area contributed by atoms with Gasteiger partial charge in [0, 0.05) is 8.95 Å². The quantitative estimate of drug-likeness (QED) is 0.600. The Morgan fingerprint density at radius 3 is 2.55 bits per heavy atom. The summed E-state index contributed by atoms with van der Waals surface area (Å²) in [6.07, 6.45) is -3.84. The van der Waals surface area contributed by atoms with Crippen molar-refractivity contribution in [1.82, 2.24) is 9.97 Å². The molecular weight excluding hydrogens is 396 g/mol. The number of nitrogens with one attached hydrogen (secondary N) is 1. The van der Waals surface area contributed by atoms with E-state index in [1.165, 1.54) is 0 Å². The van der Waals surface area contributed by atoms with Crippen LogP contribution in [0.25, 0.3) is 11.0 Å². The lowest BCUT2D eigenvalue weighted by Crippen LogP contribution is -2.32. The van der Waals surface area contributed by atoms with Gasteiger partial charge in [-0.25, -0.2) is 4.98 Å². The van der Waals surface area contributed by atoms with E-state index in [0.29, 0.717) is 11.3 Å². The van der Waals surface area contributed by atoms with E-state index >= 15 is 0 Å². The van der Waals surface area contributed by atoms with Gasteiger partial charge in [0.05, 0.1) is 17.6 Å². The molecule has 0 amide bonds. The van der Waals surface area contributed by atoms with Gasteiger partial charge >= 0.3 is 0 Å². The van der Waals surface area contributed by atoms with Gasteiger partial charge in [0.1, 0.15) is 30.2 Å². The van der Waals surface area contributed by atoms with E-state index in [-0.39, 0.29) is 6.61 Å². The number of halogens is 2. The number of aromatic nitrogens is 2. The second-order valence-corrected chi connectivity index (χ2v) is 6.37. The highest BCUT2D eigenvalue weighted by molar-refractivity contribution is 9.13. The van der Waals surface area contributed by atoms with E-state index < -0.39 is 24.4 Å². The number of hydrogen-bond acceptors (Lipinski definition) is 5. The second kappa shape index (κ2) is 5.36. The molecule has 2 heterocycles. The molecule has 1 aromatic heterocycles. The number of benzene rings is 1. The van der Waals surface area contributed by atoms with Crippen LogP contribution in [0, 0.1) is 0 Å². The van der Waals surface area contributed by atoms with Crippen LogP contribution in [-0.2, 0) is 4.74 Å². The first-order valence-corrected chi connectivity index (χ1v) is 7.57. The van der Waals surface area contributed by atoms with Crippen LogP contribution in [-0.4, -0.2) is 50.2 Å². The standard InChI is InChI=1S/C12H12Br2N2O4/c13-4-1-6-7(2-5(4)14)16-12(15-6)11-10(19)9(18)8(3-17)20-11/h1-2,8-11,17-19H,3H2,(H,15,16)/t8-,9+,10-,11+/m1/s1. The Bertz CT molecular complexity index is 609. The van der Waals surface area contributed by atoms with Gasteiger partial charge in [-0.15, -0.1) is 0 Å². The minimum atomic E-state index is -1.13.